The number of carbonyl (C=O) groups excluding carboxylic acids is 1. The Bertz CT molecular complexity index is 512. The van der Waals surface area contributed by atoms with Crippen LogP contribution in [0.15, 0.2) is 24.3 Å². The average molecular weight is 334 g/mol. The van der Waals surface area contributed by atoms with Crippen LogP contribution in [0.5, 0.6) is 5.75 Å². The van der Waals surface area contributed by atoms with Crippen molar-refractivity contribution in [3.8, 4) is 5.75 Å². The van der Waals surface area contributed by atoms with Crippen LogP contribution in [0.2, 0.25) is 0 Å². The van der Waals surface area contributed by atoms with Gasteiger partial charge in [0.15, 0.2) is 0 Å². The van der Waals surface area contributed by atoms with E-state index in [9.17, 15) is 4.79 Å². The van der Waals surface area contributed by atoms with Crippen LogP contribution in [0.25, 0.3) is 0 Å². The summed E-state index contributed by atoms with van der Waals surface area (Å²) in [6.07, 6.45) is 3.23. The van der Waals surface area contributed by atoms with Gasteiger partial charge in [-0.2, -0.15) is 0 Å². The molecule has 0 saturated carbocycles. The van der Waals surface area contributed by atoms with E-state index in [1.165, 1.54) is 25.9 Å². The van der Waals surface area contributed by atoms with Crippen molar-refractivity contribution in [1.82, 2.24) is 4.90 Å². The highest BCUT2D eigenvalue weighted by molar-refractivity contribution is 5.97. The highest BCUT2D eigenvalue weighted by Crippen LogP contribution is 2.20. The van der Waals surface area contributed by atoms with Gasteiger partial charge in [-0.05, 0) is 70.5 Å². The SMILES string of the molecule is CCO[C@](C)(CC)C(=O)Nc1ccc(OCCN2CCCC2)cc1. The molecule has 134 valence electrons. The first-order valence-corrected chi connectivity index (χ1v) is 8.98. The summed E-state index contributed by atoms with van der Waals surface area (Å²) in [7, 11) is 0. The van der Waals surface area contributed by atoms with Crippen LogP contribution in [0.1, 0.15) is 40.0 Å². The Labute approximate surface area is 145 Å². The highest BCUT2D eigenvalue weighted by atomic mass is 16.5. The van der Waals surface area contributed by atoms with Gasteiger partial charge in [0.25, 0.3) is 5.91 Å². The molecule has 0 aliphatic carbocycles. The molecule has 0 aromatic heterocycles. The van der Waals surface area contributed by atoms with Crippen molar-refractivity contribution in [1.29, 1.82) is 0 Å². The number of hydrogen-bond acceptors (Lipinski definition) is 4. The Morgan fingerprint density at radius 2 is 1.88 bits per heavy atom. The molecule has 1 fully saturated rings. The molecule has 1 aromatic rings. The zero-order valence-electron chi connectivity index (χ0n) is 15.1. The van der Waals surface area contributed by atoms with Crippen LogP contribution in [-0.2, 0) is 9.53 Å². The molecule has 1 N–H and O–H groups in total. The summed E-state index contributed by atoms with van der Waals surface area (Å²) in [6.45, 7) is 10.2. The molecule has 0 spiro atoms. The maximum atomic E-state index is 12.4. The molecule has 0 unspecified atom stereocenters. The van der Waals surface area contributed by atoms with E-state index in [0.29, 0.717) is 19.6 Å². The first-order valence-electron chi connectivity index (χ1n) is 8.98. The minimum Gasteiger partial charge on any atom is -0.492 e. The van der Waals surface area contributed by atoms with Gasteiger partial charge < -0.3 is 14.8 Å². The first-order chi connectivity index (χ1) is 11.6. The largest absolute Gasteiger partial charge is 0.492 e. The van der Waals surface area contributed by atoms with Gasteiger partial charge in [-0.3, -0.25) is 9.69 Å². The minimum atomic E-state index is -0.792. The van der Waals surface area contributed by atoms with E-state index in [1.54, 1.807) is 0 Å². The van der Waals surface area contributed by atoms with Gasteiger partial charge in [0.1, 0.15) is 18.0 Å². The molecule has 5 heteroatoms. The van der Waals surface area contributed by atoms with E-state index >= 15 is 0 Å². The van der Waals surface area contributed by atoms with Crippen molar-refractivity contribution in [2.45, 2.75) is 45.6 Å². The van der Waals surface area contributed by atoms with Gasteiger partial charge in [0.2, 0.25) is 0 Å². The summed E-state index contributed by atoms with van der Waals surface area (Å²) < 4.78 is 11.4. The van der Waals surface area contributed by atoms with Crippen molar-refractivity contribution in [3.05, 3.63) is 24.3 Å². The summed E-state index contributed by atoms with van der Waals surface area (Å²) in [5.74, 6) is 0.713. The zero-order valence-corrected chi connectivity index (χ0v) is 15.1. The summed E-state index contributed by atoms with van der Waals surface area (Å²) >= 11 is 0. The first kappa shape index (κ1) is 18.7. The molecular weight excluding hydrogens is 304 g/mol. The fourth-order valence-corrected chi connectivity index (χ4v) is 2.84. The third-order valence-corrected chi connectivity index (χ3v) is 4.61. The average Bonchev–Trinajstić information content (AvgIpc) is 3.10. The van der Waals surface area contributed by atoms with E-state index < -0.39 is 5.60 Å². The lowest BCUT2D eigenvalue weighted by Crippen LogP contribution is -2.42. The van der Waals surface area contributed by atoms with Gasteiger partial charge in [-0.1, -0.05) is 6.92 Å². The van der Waals surface area contributed by atoms with E-state index in [1.807, 2.05) is 45.0 Å². The molecule has 1 aliphatic rings. The number of carbonyl (C=O) groups is 1. The van der Waals surface area contributed by atoms with Crippen LogP contribution < -0.4 is 10.1 Å². The maximum absolute atomic E-state index is 12.4. The fourth-order valence-electron chi connectivity index (χ4n) is 2.84. The van der Waals surface area contributed by atoms with Crippen molar-refractivity contribution in [2.75, 3.05) is 38.2 Å². The molecule has 1 atom stereocenters. The van der Waals surface area contributed by atoms with E-state index in [4.69, 9.17) is 9.47 Å². The van der Waals surface area contributed by atoms with Crippen molar-refractivity contribution >= 4 is 11.6 Å². The zero-order chi connectivity index (χ0) is 17.4. The van der Waals surface area contributed by atoms with E-state index in [-0.39, 0.29) is 5.91 Å². The molecule has 5 nitrogen and oxygen atoms in total. The standard InChI is InChI=1S/C19H30N2O3/c1-4-19(3,24-5-2)18(22)20-16-8-10-17(11-9-16)23-15-14-21-12-6-7-13-21/h8-11H,4-7,12-15H2,1-3H3,(H,20,22)/t19-/m1/s1. The number of rotatable bonds is 9. The molecule has 0 radical (unpaired) electrons. The van der Waals surface area contributed by atoms with Crippen molar-refractivity contribution in [2.24, 2.45) is 0 Å². The second-order valence-electron chi connectivity index (χ2n) is 6.39. The van der Waals surface area contributed by atoms with Crippen LogP contribution in [0.3, 0.4) is 0 Å². The van der Waals surface area contributed by atoms with Crippen molar-refractivity contribution < 1.29 is 14.3 Å². The number of nitrogens with one attached hydrogen (secondary N) is 1. The topological polar surface area (TPSA) is 50.8 Å². The molecule has 1 aromatic carbocycles. The number of benzene rings is 1. The van der Waals surface area contributed by atoms with Gasteiger partial charge in [0.05, 0.1) is 0 Å². The quantitative estimate of drug-likeness (QED) is 0.753. The second-order valence-corrected chi connectivity index (χ2v) is 6.39. The van der Waals surface area contributed by atoms with Crippen LogP contribution in [-0.4, -0.2) is 49.3 Å². The molecule has 1 amide bonds. The smallest absolute Gasteiger partial charge is 0.256 e. The van der Waals surface area contributed by atoms with Gasteiger partial charge >= 0.3 is 0 Å². The number of likely N-dealkylation sites (tertiary alicyclic amines) is 1. The number of amides is 1. The monoisotopic (exact) mass is 334 g/mol. The summed E-state index contributed by atoms with van der Waals surface area (Å²) in [4.78, 5) is 14.8. The molecule has 0 bridgehead atoms. The van der Waals surface area contributed by atoms with E-state index in [2.05, 4.69) is 10.2 Å². The maximum Gasteiger partial charge on any atom is 0.256 e. The molecule has 1 saturated heterocycles. The Balaban J connectivity index is 1.81. The number of nitrogens with zero attached hydrogens (tertiary/aromatic N) is 1. The van der Waals surface area contributed by atoms with Crippen molar-refractivity contribution in [3.63, 3.8) is 0 Å². The van der Waals surface area contributed by atoms with Crippen LogP contribution in [0, 0.1) is 0 Å². The molecule has 1 heterocycles. The normalized spacial score (nSPS) is 17.5. The summed E-state index contributed by atoms with van der Waals surface area (Å²) in [5, 5.41) is 2.92. The lowest BCUT2D eigenvalue weighted by atomic mass is 10.0. The summed E-state index contributed by atoms with van der Waals surface area (Å²) in [6, 6.07) is 7.52. The van der Waals surface area contributed by atoms with Crippen LogP contribution in [0.4, 0.5) is 5.69 Å². The molecule has 1 aliphatic heterocycles. The lowest BCUT2D eigenvalue weighted by Gasteiger charge is -2.26. The number of hydrogen-bond donors (Lipinski definition) is 1. The molecule has 24 heavy (non-hydrogen) atoms. The molecular formula is C19H30N2O3. The predicted molar refractivity (Wildman–Crippen MR) is 96.6 cm³/mol. The third-order valence-electron chi connectivity index (χ3n) is 4.61. The highest BCUT2D eigenvalue weighted by Gasteiger charge is 2.31. The second kappa shape index (κ2) is 9.04. The summed E-state index contributed by atoms with van der Waals surface area (Å²) in [5.41, 5.74) is -0.0362. The Hall–Kier alpha value is -1.59. The van der Waals surface area contributed by atoms with Gasteiger partial charge in [-0.25, -0.2) is 0 Å². The lowest BCUT2D eigenvalue weighted by molar-refractivity contribution is -0.139. The Kier molecular flexibility index (Phi) is 7.06. The number of ether oxygens (including phenoxy) is 2. The fraction of sp³-hybridized carbons (Fsp3) is 0.632. The minimum absolute atomic E-state index is 0.116. The van der Waals surface area contributed by atoms with Gasteiger partial charge in [0, 0.05) is 18.8 Å². The van der Waals surface area contributed by atoms with E-state index in [0.717, 1.165) is 18.0 Å². The Morgan fingerprint density at radius 1 is 1.21 bits per heavy atom. The Morgan fingerprint density at radius 3 is 2.46 bits per heavy atom. The van der Waals surface area contributed by atoms with Gasteiger partial charge in [-0.15, -0.1) is 0 Å². The predicted octanol–water partition coefficient (Wildman–Crippen LogP) is 3.30. The molecule has 2 rings (SSSR count). The third kappa shape index (κ3) is 5.21. The number of anilines is 1. The van der Waals surface area contributed by atoms with Crippen LogP contribution >= 0.6 is 0 Å².